The number of fused-ring (bicyclic) bond motifs is 1. The van der Waals surface area contributed by atoms with Crippen molar-refractivity contribution in [3.8, 4) is 0 Å². The average Bonchev–Trinajstić information content (AvgIpc) is 2.47. The van der Waals surface area contributed by atoms with E-state index in [1.807, 2.05) is 18.2 Å². The summed E-state index contributed by atoms with van der Waals surface area (Å²) in [5, 5.41) is 0.995. The van der Waals surface area contributed by atoms with E-state index in [-0.39, 0.29) is 18.0 Å². The Morgan fingerprint density at radius 3 is 2.80 bits per heavy atom. The summed E-state index contributed by atoms with van der Waals surface area (Å²) >= 11 is 0. The fourth-order valence-corrected chi connectivity index (χ4v) is 2.17. The molecule has 1 heterocycles. The monoisotopic (exact) mass is 265 g/mol. The summed E-state index contributed by atoms with van der Waals surface area (Å²) < 4.78 is 13.1. The molecular weight excluding hydrogens is 253 g/mol. The number of halogens is 1. The highest BCUT2D eigenvalue weighted by Gasteiger charge is 2.08. The van der Waals surface area contributed by atoms with Gasteiger partial charge in [-0.1, -0.05) is 30.3 Å². The lowest BCUT2D eigenvalue weighted by atomic mass is 10.0. The standard InChI is InChI=1S/C17H12FNO/c18-15-5-1-3-12(9-15)10-17(20)14-7-6-13-4-2-8-19-16(13)11-14/h1-9,11H,10H2. The number of ketones is 1. The number of pyridine rings is 1. The molecule has 0 fully saturated rings. The Kier molecular flexibility index (Phi) is 3.25. The van der Waals surface area contributed by atoms with Crippen molar-refractivity contribution in [2.45, 2.75) is 6.42 Å². The SMILES string of the molecule is O=C(Cc1cccc(F)c1)c1ccc2cccnc2c1. The molecule has 3 heteroatoms. The van der Waals surface area contributed by atoms with Gasteiger partial charge in [-0.3, -0.25) is 9.78 Å². The van der Waals surface area contributed by atoms with Crippen LogP contribution in [0.2, 0.25) is 0 Å². The van der Waals surface area contributed by atoms with Gasteiger partial charge in [0.15, 0.2) is 5.78 Å². The molecule has 3 aromatic rings. The maximum absolute atomic E-state index is 13.1. The van der Waals surface area contributed by atoms with E-state index in [1.54, 1.807) is 30.5 Å². The zero-order valence-corrected chi connectivity index (χ0v) is 10.7. The van der Waals surface area contributed by atoms with E-state index in [0.29, 0.717) is 11.1 Å². The van der Waals surface area contributed by atoms with Crippen LogP contribution >= 0.6 is 0 Å². The summed E-state index contributed by atoms with van der Waals surface area (Å²) in [5.74, 6) is -0.362. The van der Waals surface area contributed by atoms with Crippen molar-refractivity contribution in [3.05, 3.63) is 77.7 Å². The van der Waals surface area contributed by atoms with Gasteiger partial charge in [0.25, 0.3) is 0 Å². The number of carbonyl (C=O) groups is 1. The maximum Gasteiger partial charge on any atom is 0.167 e. The van der Waals surface area contributed by atoms with Crippen LogP contribution in [0.3, 0.4) is 0 Å². The van der Waals surface area contributed by atoms with Crippen LogP contribution in [0.5, 0.6) is 0 Å². The van der Waals surface area contributed by atoms with Gasteiger partial charge in [0.1, 0.15) is 5.82 Å². The molecule has 0 saturated heterocycles. The number of hydrogen-bond acceptors (Lipinski definition) is 2. The van der Waals surface area contributed by atoms with E-state index < -0.39 is 0 Å². The topological polar surface area (TPSA) is 30.0 Å². The Hall–Kier alpha value is -2.55. The van der Waals surface area contributed by atoms with Gasteiger partial charge in [-0.2, -0.15) is 0 Å². The van der Waals surface area contributed by atoms with E-state index in [2.05, 4.69) is 4.98 Å². The van der Waals surface area contributed by atoms with Gasteiger partial charge < -0.3 is 0 Å². The van der Waals surface area contributed by atoms with E-state index in [4.69, 9.17) is 0 Å². The lowest BCUT2D eigenvalue weighted by molar-refractivity contribution is 0.0993. The number of nitrogens with zero attached hydrogens (tertiary/aromatic N) is 1. The molecule has 2 aromatic carbocycles. The first-order chi connectivity index (χ1) is 9.72. The molecule has 0 aliphatic heterocycles. The first-order valence-electron chi connectivity index (χ1n) is 6.35. The van der Waals surface area contributed by atoms with Crippen LogP contribution in [0.15, 0.2) is 60.8 Å². The second kappa shape index (κ2) is 5.21. The van der Waals surface area contributed by atoms with Gasteiger partial charge in [-0.25, -0.2) is 4.39 Å². The molecule has 0 saturated carbocycles. The first-order valence-corrected chi connectivity index (χ1v) is 6.35. The Labute approximate surface area is 115 Å². The average molecular weight is 265 g/mol. The van der Waals surface area contributed by atoms with Crippen molar-refractivity contribution in [1.29, 1.82) is 0 Å². The smallest absolute Gasteiger partial charge is 0.167 e. The maximum atomic E-state index is 13.1. The van der Waals surface area contributed by atoms with Crippen molar-refractivity contribution >= 4 is 16.7 Å². The molecule has 0 unspecified atom stereocenters. The number of benzene rings is 2. The second-order valence-electron chi connectivity index (χ2n) is 4.64. The molecular formula is C17H12FNO. The predicted molar refractivity (Wildman–Crippen MR) is 76.2 cm³/mol. The second-order valence-corrected chi connectivity index (χ2v) is 4.64. The lowest BCUT2D eigenvalue weighted by Crippen LogP contribution is -2.03. The van der Waals surface area contributed by atoms with Crippen molar-refractivity contribution in [2.24, 2.45) is 0 Å². The van der Waals surface area contributed by atoms with Crippen LogP contribution in [0.4, 0.5) is 4.39 Å². The highest BCUT2D eigenvalue weighted by Crippen LogP contribution is 2.15. The van der Waals surface area contributed by atoms with Crippen LogP contribution < -0.4 is 0 Å². The van der Waals surface area contributed by atoms with Crippen molar-refractivity contribution < 1.29 is 9.18 Å². The molecule has 98 valence electrons. The minimum Gasteiger partial charge on any atom is -0.294 e. The molecule has 0 bridgehead atoms. The molecule has 0 atom stereocenters. The molecule has 3 rings (SSSR count). The summed E-state index contributed by atoms with van der Waals surface area (Å²) in [6, 6.07) is 15.4. The van der Waals surface area contributed by atoms with Crippen LogP contribution in [0.25, 0.3) is 10.9 Å². The molecule has 0 N–H and O–H groups in total. The summed E-state index contributed by atoms with van der Waals surface area (Å²) in [5.41, 5.74) is 2.06. The Morgan fingerprint density at radius 2 is 1.95 bits per heavy atom. The van der Waals surface area contributed by atoms with Crippen molar-refractivity contribution in [2.75, 3.05) is 0 Å². The fourth-order valence-electron chi connectivity index (χ4n) is 2.17. The van der Waals surface area contributed by atoms with Crippen LogP contribution in [-0.2, 0) is 6.42 Å². The Morgan fingerprint density at radius 1 is 1.05 bits per heavy atom. The molecule has 0 spiro atoms. The number of carbonyl (C=O) groups excluding carboxylic acids is 1. The van der Waals surface area contributed by atoms with Crippen LogP contribution in [0.1, 0.15) is 15.9 Å². The fraction of sp³-hybridized carbons (Fsp3) is 0.0588. The molecule has 0 amide bonds. The van der Waals surface area contributed by atoms with Gasteiger partial charge in [0.2, 0.25) is 0 Å². The van der Waals surface area contributed by atoms with Gasteiger partial charge >= 0.3 is 0 Å². The van der Waals surface area contributed by atoms with Gasteiger partial charge in [-0.15, -0.1) is 0 Å². The molecule has 0 aliphatic carbocycles. The third-order valence-corrected chi connectivity index (χ3v) is 3.18. The third-order valence-electron chi connectivity index (χ3n) is 3.18. The van der Waals surface area contributed by atoms with E-state index >= 15 is 0 Å². The first kappa shape index (κ1) is 12.5. The van der Waals surface area contributed by atoms with Gasteiger partial charge in [0, 0.05) is 23.6 Å². The van der Waals surface area contributed by atoms with Crippen molar-refractivity contribution in [3.63, 3.8) is 0 Å². The minimum absolute atomic E-state index is 0.0387. The Bertz CT molecular complexity index is 783. The summed E-state index contributed by atoms with van der Waals surface area (Å²) in [7, 11) is 0. The zero-order valence-electron chi connectivity index (χ0n) is 10.7. The largest absolute Gasteiger partial charge is 0.294 e. The Balaban J connectivity index is 1.88. The number of aromatic nitrogens is 1. The van der Waals surface area contributed by atoms with Crippen molar-refractivity contribution in [1.82, 2.24) is 4.98 Å². The van der Waals surface area contributed by atoms with Crippen LogP contribution in [0, 0.1) is 5.82 Å². The summed E-state index contributed by atoms with van der Waals surface area (Å²) in [6.45, 7) is 0. The van der Waals surface area contributed by atoms with E-state index in [0.717, 1.165) is 10.9 Å². The minimum atomic E-state index is -0.324. The normalized spacial score (nSPS) is 10.7. The van der Waals surface area contributed by atoms with E-state index in [9.17, 15) is 9.18 Å². The zero-order chi connectivity index (χ0) is 13.9. The van der Waals surface area contributed by atoms with E-state index in [1.165, 1.54) is 12.1 Å². The van der Waals surface area contributed by atoms with Crippen LogP contribution in [-0.4, -0.2) is 10.8 Å². The molecule has 1 aromatic heterocycles. The third kappa shape index (κ3) is 2.57. The predicted octanol–water partition coefficient (Wildman–Crippen LogP) is 3.80. The van der Waals surface area contributed by atoms with Gasteiger partial charge in [-0.05, 0) is 29.8 Å². The molecule has 0 aliphatic rings. The lowest BCUT2D eigenvalue weighted by Gasteiger charge is -2.03. The number of hydrogen-bond donors (Lipinski definition) is 0. The molecule has 20 heavy (non-hydrogen) atoms. The molecule has 0 radical (unpaired) electrons. The summed E-state index contributed by atoms with van der Waals surface area (Å²) in [6.07, 6.45) is 1.89. The molecule has 2 nitrogen and oxygen atoms in total. The highest BCUT2D eigenvalue weighted by molar-refractivity contribution is 6.00. The summed E-state index contributed by atoms with van der Waals surface area (Å²) in [4.78, 5) is 16.5. The van der Waals surface area contributed by atoms with Gasteiger partial charge in [0.05, 0.1) is 5.52 Å². The number of Topliss-reactive ketones (excluding diaryl/α,β-unsaturated/α-hetero) is 1. The quantitative estimate of drug-likeness (QED) is 0.674. The highest BCUT2D eigenvalue weighted by atomic mass is 19.1. The number of rotatable bonds is 3.